The molecule has 100 valence electrons. The molecule has 0 aliphatic carbocycles. The van der Waals surface area contributed by atoms with Crippen LogP contribution in [-0.4, -0.2) is 11.5 Å². The van der Waals surface area contributed by atoms with Crippen LogP contribution in [0.3, 0.4) is 0 Å². The Morgan fingerprint density at radius 1 is 1.26 bits per heavy atom. The minimum atomic E-state index is 0.183. The Balaban J connectivity index is 2.38. The molecule has 0 saturated carbocycles. The van der Waals surface area contributed by atoms with Gasteiger partial charge in [-0.15, -0.1) is 0 Å². The van der Waals surface area contributed by atoms with E-state index in [4.69, 9.17) is 0 Å². The fourth-order valence-electron chi connectivity index (χ4n) is 2.14. The lowest BCUT2D eigenvalue weighted by Crippen LogP contribution is -2.23. The fraction of sp³-hybridized carbons (Fsp3) is 0.312. The summed E-state index contributed by atoms with van der Waals surface area (Å²) >= 11 is 3.64. The summed E-state index contributed by atoms with van der Waals surface area (Å²) < 4.78 is 1.13. The van der Waals surface area contributed by atoms with E-state index < -0.39 is 0 Å². The first-order chi connectivity index (χ1) is 9.22. The van der Waals surface area contributed by atoms with Crippen LogP contribution < -0.4 is 5.32 Å². The molecule has 1 aromatic heterocycles. The predicted molar refractivity (Wildman–Crippen MR) is 83.3 cm³/mol. The summed E-state index contributed by atoms with van der Waals surface area (Å²) in [4.78, 5) is 4.31. The molecule has 2 rings (SSSR count). The number of nitrogens with one attached hydrogen (secondary N) is 1. The van der Waals surface area contributed by atoms with E-state index in [1.165, 1.54) is 16.7 Å². The van der Waals surface area contributed by atoms with Crippen molar-refractivity contribution in [2.75, 3.05) is 6.54 Å². The van der Waals surface area contributed by atoms with Crippen molar-refractivity contribution in [2.45, 2.75) is 26.3 Å². The third kappa shape index (κ3) is 3.64. The monoisotopic (exact) mass is 318 g/mol. The summed E-state index contributed by atoms with van der Waals surface area (Å²) in [7, 11) is 0. The van der Waals surface area contributed by atoms with Crippen molar-refractivity contribution < 1.29 is 0 Å². The maximum atomic E-state index is 4.31. The van der Waals surface area contributed by atoms with Crippen molar-refractivity contribution in [3.05, 3.63) is 63.9 Å². The predicted octanol–water partition coefficient (Wildman–Crippen LogP) is 4.24. The number of rotatable bonds is 5. The molecule has 1 unspecified atom stereocenters. The molecule has 2 nitrogen and oxygen atoms in total. The lowest BCUT2D eigenvalue weighted by molar-refractivity contribution is 0.595. The Bertz CT molecular complexity index is 540. The highest BCUT2D eigenvalue weighted by Gasteiger charge is 2.16. The van der Waals surface area contributed by atoms with Crippen molar-refractivity contribution >= 4 is 15.9 Å². The summed E-state index contributed by atoms with van der Waals surface area (Å²) in [6.07, 6.45) is 4.94. The molecular formula is C16H19BrN2. The van der Waals surface area contributed by atoms with Gasteiger partial charge in [-0.2, -0.15) is 0 Å². The molecule has 0 spiro atoms. The Kier molecular flexibility index (Phi) is 5.11. The third-order valence-corrected chi connectivity index (χ3v) is 3.77. The normalized spacial score (nSPS) is 12.4. The van der Waals surface area contributed by atoms with Crippen LogP contribution in [-0.2, 0) is 0 Å². The summed E-state index contributed by atoms with van der Waals surface area (Å²) in [6, 6.07) is 10.7. The fourth-order valence-corrected chi connectivity index (χ4v) is 2.66. The van der Waals surface area contributed by atoms with E-state index in [9.17, 15) is 0 Å². The number of pyridine rings is 1. The molecule has 0 saturated heterocycles. The second-order valence-electron chi connectivity index (χ2n) is 4.70. The van der Waals surface area contributed by atoms with Gasteiger partial charge in [-0.3, -0.25) is 4.98 Å². The molecule has 0 aliphatic heterocycles. The molecular weight excluding hydrogens is 300 g/mol. The first kappa shape index (κ1) is 14.2. The van der Waals surface area contributed by atoms with Gasteiger partial charge >= 0.3 is 0 Å². The van der Waals surface area contributed by atoms with Gasteiger partial charge in [0.2, 0.25) is 0 Å². The zero-order valence-electron chi connectivity index (χ0n) is 11.4. The van der Waals surface area contributed by atoms with Crippen molar-refractivity contribution in [2.24, 2.45) is 0 Å². The summed E-state index contributed by atoms with van der Waals surface area (Å²) in [6.45, 7) is 5.24. The summed E-state index contributed by atoms with van der Waals surface area (Å²) in [5.74, 6) is 0. The smallest absolute Gasteiger partial charge is 0.0603 e. The molecule has 0 bridgehead atoms. The van der Waals surface area contributed by atoms with E-state index in [1.54, 1.807) is 0 Å². The van der Waals surface area contributed by atoms with Gasteiger partial charge in [-0.25, -0.2) is 0 Å². The van der Waals surface area contributed by atoms with Crippen LogP contribution >= 0.6 is 15.9 Å². The lowest BCUT2D eigenvalue weighted by atomic mass is 9.99. The number of halogens is 1. The summed E-state index contributed by atoms with van der Waals surface area (Å²) in [5, 5.41) is 3.60. The molecule has 1 N–H and O–H groups in total. The molecule has 1 heterocycles. The average Bonchev–Trinajstić information content (AvgIpc) is 2.41. The van der Waals surface area contributed by atoms with Gasteiger partial charge in [0.1, 0.15) is 0 Å². The van der Waals surface area contributed by atoms with Crippen LogP contribution in [0.1, 0.15) is 36.1 Å². The molecule has 0 amide bonds. The SMILES string of the molecule is CCCNC(c1cncc(C)c1)c1ccccc1Br. The van der Waals surface area contributed by atoms with Crippen LogP contribution in [0.5, 0.6) is 0 Å². The van der Waals surface area contributed by atoms with E-state index in [1.807, 2.05) is 18.5 Å². The Labute approximate surface area is 123 Å². The summed E-state index contributed by atoms with van der Waals surface area (Å²) in [5.41, 5.74) is 3.65. The second kappa shape index (κ2) is 6.83. The topological polar surface area (TPSA) is 24.9 Å². The van der Waals surface area contributed by atoms with Gasteiger partial charge in [0.15, 0.2) is 0 Å². The molecule has 0 fully saturated rings. The van der Waals surface area contributed by atoms with Gasteiger partial charge in [0, 0.05) is 16.9 Å². The van der Waals surface area contributed by atoms with Gasteiger partial charge in [0.25, 0.3) is 0 Å². The van der Waals surface area contributed by atoms with Crippen LogP contribution in [0, 0.1) is 6.92 Å². The van der Waals surface area contributed by atoms with Crippen LogP contribution in [0.15, 0.2) is 47.2 Å². The minimum Gasteiger partial charge on any atom is -0.306 e. The minimum absolute atomic E-state index is 0.183. The molecule has 0 aliphatic rings. The van der Waals surface area contributed by atoms with Gasteiger partial charge < -0.3 is 5.32 Å². The lowest BCUT2D eigenvalue weighted by Gasteiger charge is -2.21. The van der Waals surface area contributed by atoms with Crippen molar-refractivity contribution in [3.8, 4) is 0 Å². The number of aryl methyl sites for hydroxylation is 1. The van der Waals surface area contributed by atoms with E-state index in [-0.39, 0.29) is 6.04 Å². The van der Waals surface area contributed by atoms with Gasteiger partial charge in [-0.05, 0) is 42.6 Å². The Hall–Kier alpha value is -1.19. The third-order valence-electron chi connectivity index (χ3n) is 3.04. The highest BCUT2D eigenvalue weighted by molar-refractivity contribution is 9.10. The first-order valence-corrected chi connectivity index (χ1v) is 7.41. The van der Waals surface area contributed by atoms with Crippen molar-refractivity contribution in [1.29, 1.82) is 0 Å². The molecule has 3 heteroatoms. The molecule has 0 radical (unpaired) electrons. The first-order valence-electron chi connectivity index (χ1n) is 6.61. The molecule has 19 heavy (non-hydrogen) atoms. The zero-order chi connectivity index (χ0) is 13.7. The van der Waals surface area contributed by atoms with Crippen LogP contribution in [0.25, 0.3) is 0 Å². The highest BCUT2D eigenvalue weighted by atomic mass is 79.9. The highest BCUT2D eigenvalue weighted by Crippen LogP contribution is 2.28. The average molecular weight is 319 g/mol. The Morgan fingerprint density at radius 2 is 2.05 bits per heavy atom. The number of nitrogens with zero attached hydrogens (tertiary/aromatic N) is 1. The van der Waals surface area contributed by atoms with Gasteiger partial charge in [-0.1, -0.05) is 47.1 Å². The number of hydrogen-bond acceptors (Lipinski definition) is 2. The van der Waals surface area contributed by atoms with Crippen molar-refractivity contribution in [1.82, 2.24) is 10.3 Å². The van der Waals surface area contributed by atoms with Crippen LogP contribution in [0.4, 0.5) is 0 Å². The van der Waals surface area contributed by atoms with Gasteiger partial charge in [0.05, 0.1) is 6.04 Å². The Morgan fingerprint density at radius 3 is 2.74 bits per heavy atom. The maximum absolute atomic E-state index is 4.31. The zero-order valence-corrected chi connectivity index (χ0v) is 12.9. The number of aromatic nitrogens is 1. The molecule has 2 aromatic rings. The number of hydrogen-bond donors (Lipinski definition) is 1. The van der Waals surface area contributed by atoms with E-state index >= 15 is 0 Å². The standard InChI is InChI=1S/C16H19BrN2/c1-3-8-19-16(13-9-12(2)10-18-11-13)14-6-4-5-7-15(14)17/h4-7,9-11,16,19H,3,8H2,1-2H3. The number of benzene rings is 1. The van der Waals surface area contributed by atoms with E-state index in [0.29, 0.717) is 0 Å². The maximum Gasteiger partial charge on any atom is 0.0603 e. The second-order valence-corrected chi connectivity index (χ2v) is 5.56. The quantitative estimate of drug-likeness (QED) is 0.891. The molecule has 1 aromatic carbocycles. The molecule has 1 atom stereocenters. The van der Waals surface area contributed by atoms with Crippen molar-refractivity contribution in [3.63, 3.8) is 0 Å². The van der Waals surface area contributed by atoms with Crippen LogP contribution in [0.2, 0.25) is 0 Å². The van der Waals surface area contributed by atoms with E-state index in [2.05, 4.69) is 64.3 Å². The largest absolute Gasteiger partial charge is 0.306 e. The van der Waals surface area contributed by atoms with E-state index in [0.717, 1.165) is 17.4 Å².